The SMILES string of the molecule is CN(Cc1ccccn1)C(=O)NCC1CCN(CCc2ccccc2)CC1. The van der Waals surface area contributed by atoms with Crippen molar-refractivity contribution in [1.82, 2.24) is 20.1 Å². The van der Waals surface area contributed by atoms with E-state index in [0.29, 0.717) is 12.5 Å². The lowest BCUT2D eigenvalue weighted by Crippen LogP contribution is -2.42. The Kier molecular flexibility index (Phi) is 7.22. The molecular formula is C22H30N4O. The van der Waals surface area contributed by atoms with Gasteiger partial charge >= 0.3 is 6.03 Å². The molecule has 0 atom stereocenters. The number of pyridine rings is 1. The highest BCUT2D eigenvalue weighted by atomic mass is 16.2. The van der Waals surface area contributed by atoms with Crippen molar-refractivity contribution in [1.29, 1.82) is 0 Å². The Labute approximate surface area is 162 Å². The quantitative estimate of drug-likeness (QED) is 0.819. The van der Waals surface area contributed by atoms with Crippen molar-refractivity contribution in [3.8, 4) is 0 Å². The number of hydrogen-bond donors (Lipinski definition) is 1. The number of hydrogen-bond acceptors (Lipinski definition) is 3. The molecule has 2 heterocycles. The molecule has 1 aliphatic heterocycles. The van der Waals surface area contributed by atoms with Crippen molar-refractivity contribution in [3.05, 3.63) is 66.0 Å². The second-order valence-corrected chi connectivity index (χ2v) is 7.38. The summed E-state index contributed by atoms with van der Waals surface area (Å²) in [6.07, 6.45) is 5.17. The van der Waals surface area contributed by atoms with Gasteiger partial charge in [0.25, 0.3) is 0 Å². The van der Waals surface area contributed by atoms with Gasteiger partial charge in [-0.1, -0.05) is 36.4 Å². The molecule has 1 aromatic carbocycles. The lowest BCUT2D eigenvalue weighted by atomic mass is 9.96. The fourth-order valence-electron chi connectivity index (χ4n) is 3.52. The van der Waals surface area contributed by atoms with Gasteiger partial charge in [-0.3, -0.25) is 4.98 Å². The van der Waals surface area contributed by atoms with E-state index in [1.807, 2.05) is 25.2 Å². The van der Waals surface area contributed by atoms with Gasteiger partial charge in [0.15, 0.2) is 0 Å². The Bertz CT molecular complexity index is 684. The maximum atomic E-state index is 12.3. The molecule has 1 fully saturated rings. The Morgan fingerprint density at radius 1 is 1.15 bits per heavy atom. The van der Waals surface area contributed by atoms with Crippen LogP contribution in [-0.4, -0.2) is 54.0 Å². The molecule has 1 aliphatic rings. The van der Waals surface area contributed by atoms with Crippen molar-refractivity contribution in [2.45, 2.75) is 25.8 Å². The molecule has 2 amide bonds. The fraction of sp³-hybridized carbons (Fsp3) is 0.455. The van der Waals surface area contributed by atoms with Gasteiger partial charge in [-0.15, -0.1) is 0 Å². The van der Waals surface area contributed by atoms with Crippen molar-refractivity contribution >= 4 is 6.03 Å². The second kappa shape index (κ2) is 10.1. The van der Waals surface area contributed by atoms with Gasteiger partial charge in [0.2, 0.25) is 0 Å². The summed E-state index contributed by atoms with van der Waals surface area (Å²) in [5.74, 6) is 0.574. The monoisotopic (exact) mass is 366 g/mol. The van der Waals surface area contributed by atoms with E-state index in [0.717, 1.165) is 51.1 Å². The van der Waals surface area contributed by atoms with E-state index >= 15 is 0 Å². The van der Waals surface area contributed by atoms with E-state index in [4.69, 9.17) is 0 Å². The van der Waals surface area contributed by atoms with Crippen molar-refractivity contribution in [2.75, 3.05) is 33.2 Å². The van der Waals surface area contributed by atoms with Crippen LogP contribution < -0.4 is 5.32 Å². The zero-order valence-corrected chi connectivity index (χ0v) is 16.2. The first kappa shape index (κ1) is 19.4. The molecule has 1 aromatic heterocycles. The van der Waals surface area contributed by atoms with Crippen LogP contribution in [0.1, 0.15) is 24.1 Å². The van der Waals surface area contributed by atoms with Gasteiger partial charge in [0.05, 0.1) is 12.2 Å². The molecule has 5 heteroatoms. The van der Waals surface area contributed by atoms with Crippen LogP contribution in [0.5, 0.6) is 0 Å². The summed E-state index contributed by atoms with van der Waals surface area (Å²) in [5, 5.41) is 3.09. The van der Waals surface area contributed by atoms with Crippen LogP contribution in [0.3, 0.4) is 0 Å². The van der Waals surface area contributed by atoms with E-state index in [-0.39, 0.29) is 6.03 Å². The van der Waals surface area contributed by atoms with E-state index in [1.54, 1.807) is 11.1 Å². The topological polar surface area (TPSA) is 48.5 Å². The van der Waals surface area contributed by atoms with Crippen LogP contribution in [0.15, 0.2) is 54.7 Å². The number of likely N-dealkylation sites (tertiary alicyclic amines) is 1. The van der Waals surface area contributed by atoms with Crippen LogP contribution in [0.2, 0.25) is 0 Å². The van der Waals surface area contributed by atoms with E-state index in [1.165, 1.54) is 5.56 Å². The third-order valence-corrected chi connectivity index (χ3v) is 5.28. The highest BCUT2D eigenvalue weighted by molar-refractivity contribution is 5.73. The Hall–Kier alpha value is -2.40. The van der Waals surface area contributed by atoms with E-state index < -0.39 is 0 Å². The van der Waals surface area contributed by atoms with Gasteiger partial charge in [0.1, 0.15) is 0 Å². The molecule has 0 saturated carbocycles. The van der Waals surface area contributed by atoms with Crippen LogP contribution >= 0.6 is 0 Å². The first-order valence-corrected chi connectivity index (χ1v) is 9.86. The highest BCUT2D eigenvalue weighted by Crippen LogP contribution is 2.17. The standard InChI is InChI=1S/C22H30N4O/c1-25(18-21-9-5-6-13-23-21)22(27)24-17-20-11-15-26(16-12-20)14-10-19-7-3-2-4-8-19/h2-9,13,20H,10-12,14-18H2,1H3,(H,24,27). The molecule has 0 radical (unpaired) electrons. The third-order valence-electron chi connectivity index (χ3n) is 5.28. The first-order valence-electron chi connectivity index (χ1n) is 9.86. The minimum absolute atomic E-state index is 0.0211. The van der Waals surface area contributed by atoms with Crippen molar-refractivity contribution < 1.29 is 4.79 Å². The maximum Gasteiger partial charge on any atom is 0.317 e. The summed E-state index contributed by atoms with van der Waals surface area (Å²) in [6.45, 7) is 4.66. The number of aromatic nitrogens is 1. The lowest BCUT2D eigenvalue weighted by molar-refractivity contribution is 0.176. The Morgan fingerprint density at radius 3 is 2.59 bits per heavy atom. The smallest absolute Gasteiger partial charge is 0.317 e. The lowest BCUT2D eigenvalue weighted by Gasteiger charge is -2.32. The predicted octanol–water partition coefficient (Wildman–Crippen LogP) is 3.18. The predicted molar refractivity (Wildman–Crippen MR) is 108 cm³/mol. The number of piperidine rings is 1. The molecule has 0 aliphatic carbocycles. The largest absolute Gasteiger partial charge is 0.338 e. The van der Waals surface area contributed by atoms with Gasteiger partial charge in [-0.2, -0.15) is 0 Å². The summed E-state index contributed by atoms with van der Waals surface area (Å²) in [5.41, 5.74) is 2.31. The van der Waals surface area contributed by atoms with Crippen LogP contribution in [0.4, 0.5) is 4.79 Å². The minimum Gasteiger partial charge on any atom is -0.338 e. The summed E-state index contributed by atoms with van der Waals surface area (Å²) in [7, 11) is 1.82. The molecule has 1 saturated heterocycles. The van der Waals surface area contributed by atoms with Gasteiger partial charge in [0, 0.05) is 26.3 Å². The highest BCUT2D eigenvalue weighted by Gasteiger charge is 2.20. The molecule has 0 bridgehead atoms. The molecule has 3 rings (SSSR count). The number of benzene rings is 1. The number of carbonyl (C=O) groups excluding carboxylic acids is 1. The summed E-state index contributed by atoms with van der Waals surface area (Å²) in [6, 6.07) is 16.4. The van der Waals surface area contributed by atoms with Gasteiger partial charge in [-0.05, 0) is 56.0 Å². The number of urea groups is 1. The maximum absolute atomic E-state index is 12.3. The number of carbonyl (C=O) groups is 1. The van der Waals surface area contributed by atoms with E-state index in [2.05, 4.69) is 45.5 Å². The van der Waals surface area contributed by atoms with Crippen LogP contribution in [0, 0.1) is 5.92 Å². The zero-order chi connectivity index (χ0) is 18.9. The first-order chi connectivity index (χ1) is 13.2. The number of nitrogens with one attached hydrogen (secondary N) is 1. The summed E-state index contributed by atoms with van der Waals surface area (Å²) in [4.78, 5) is 20.8. The fourth-order valence-corrected chi connectivity index (χ4v) is 3.52. The van der Waals surface area contributed by atoms with Crippen LogP contribution in [-0.2, 0) is 13.0 Å². The number of amides is 2. The Balaban J connectivity index is 1.32. The molecule has 1 N–H and O–H groups in total. The molecule has 27 heavy (non-hydrogen) atoms. The molecule has 2 aromatic rings. The summed E-state index contributed by atoms with van der Waals surface area (Å²) >= 11 is 0. The van der Waals surface area contributed by atoms with Gasteiger partial charge in [-0.25, -0.2) is 4.79 Å². The third kappa shape index (κ3) is 6.36. The zero-order valence-electron chi connectivity index (χ0n) is 16.2. The molecule has 5 nitrogen and oxygen atoms in total. The number of nitrogens with zero attached hydrogens (tertiary/aromatic N) is 3. The average molecular weight is 367 g/mol. The normalized spacial score (nSPS) is 15.4. The van der Waals surface area contributed by atoms with Crippen LogP contribution in [0.25, 0.3) is 0 Å². The average Bonchev–Trinajstić information content (AvgIpc) is 2.72. The number of rotatable bonds is 7. The second-order valence-electron chi connectivity index (χ2n) is 7.38. The van der Waals surface area contributed by atoms with Crippen molar-refractivity contribution in [3.63, 3.8) is 0 Å². The molecule has 0 unspecified atom stereocenters. The Morgan fingerprint density at radius 2 is 1.89 bits per heavy atom. The minimum atomic E-state index is -0.0211. The molecule has 144 valence electrons. The molecular weight excluding hydrogens is 336 g/mol. The van der Waals surface area contributed by atoms with Gasteiger partial charge < -0.3 is 15.1 Å². The summed E-state index contributed by atoms with van der Waals surface area (Å²) < 4.78 is 0. The molecule has 0 spiro atoms. The van der Waals surface area contributed by atoms with E-state index in [9.17, 15) is 4.79 Å². The van der Waals surface area contributed by atoms with Crippen molar-refractivity contribution in [2.24, 2.45) is 5.92 Å².